The van der Waals surface area contributed by atoms with E-state index in [1.807, 2.05) is 42.2 Å². The van der Waals surface area contributed by atoms with Crippen molar-refractivity contribution >= 4 is 11.8 Å². The van der Waals surface area contributed by atoms with E-state index in [0.717, 1.165) is 31.4 Å². The molecule has 1 aliphatic rings. The second-order valence-electron chi connectivity index (χ2n) is 6.40. The molecule has 3 N–H and O–H groups in total. The molecule has 1 aromatic carbocycles. The van der Waals surface area contributed by atoms with Crippen molar-refractivity contribution in [3.8, 4) is 0 Å². The molecule has 1 heterocycles. The van der Waals surface area contributed by atoms with Crippen LogP contribution >= 0.6 is 0 Å². The molecule has 0 bridgehead atoms. The highest BCUT2D eigenvalue weighted by atomic mass is 16.2. The summed E-state index contributed by atoms with van der Waals surface area (Å²) >= 11 is 0. The van der Waals surface area contributed by atoms with Crippen LogP contribution in [-0.4, -0.2) is 42.4 Å². The predicted octanol–water partition coefficient (Wildman–Crippen LogP) is 1.32. The quantitative estimate of drug-likeness (QED) is 0.831. The van der Waals surface area contributed by atoms with Gasteiger partial charge in [0.15, 0.2) is 0 Å². The lowest BCUT2D eigenvalue weighted by Gasteiger charge is -2.32. The summed E-state index contributed by atoms with van der Waals surface area (Å²) in [7, 11) is 0. The normalized spacial score (nSPS) is 19.2. The fraction of sp³-hybridized carbons (Fsp3) is 0.556. The highest BCUT2D eigenvalue weighted by Crippen LogP contribution is 2.18. The number of rotatable bonds is 6. The highest BCUT2D eigenvalue weighted by Gasteiger charge is 2.28. The molecule has 1 aromatic rings. The van der Waals surface area contributed by atoms with E-state index in [1.165, 1.54) is 0 Å². The van der Waals surface area contributed by atoms with Gasteiger partial charge in [0.2, 0.25) is 11.8 Å². The van der Waals surface area contributed by atoms with Gasteiger partial charge < -0.3 is 16.0 Å². The molecule has 1 saturated heterocycles. The Labute approximate surface area is 138 Å². The van der Waals surface area contributed by atoms with Crippen LogP contribution in [0.2, 0.25) is 0 Å². The molecule has 5 nitrogen and oxygen atoms in total. The maximum absolute atomic E-state index is 12.4. The maximum Gasteiger partial charge on any atom is 0.227 e. The van der Waals surface area contributed by atoms with Gasteiger partial charge in [0.05, 0.1) is 12.3 Å². The minimum Gasteiger partial charge on any atom is -0.356 e. The van der Waals surface area contributed by atoms with E-state index in [-0.39, 0.29) is 23.8 Å². The standard InChI is InChI=1S/C18H27N3O2/c1-14(19)9-10-20-18(23)16-8-5-11-21(13-16)17(22)12-15-6-3-2-4-7-15/h2-4,6-7,14,16H,5,8-13,19H2,1H3,(H,20,23). The van der Waals surface area contributed by atoms with E-state index >= 15 is 0 Å². The van der Waals surface area contributed by atoms with Crippen LogP contribution < -0.4 is 11.1 Å². The van der Waals surface area contributed by atoms with Crippen LogP contribution in [-0.2, 0) is 16.0 Å². The first-order valence-electron chi connectivity index (χ1n) is 8.41. The summed E-state index contributed by atoms with van der Waals surface area (Å²) in [4.78, 5) is 26.5. The summed E-state index contributed by atoms with van der Waals surface area (Å²) in [6.07, 6.45) is 2.90. The van der Waals surface area contributed by atoms with Gasteiger partial charge in [-0.15, -0.1) is 0 Å². The average molecular weight is 317 g/mol. The van der Waals surface area contributed by atoms with Crippen LogP contribution in [0.3, 0.4) is 0 Å². The lowest BCUT2D eigenvalue weighted by molar-refractivity contribution is -0.135. The van der Waals surface area contributed by atoms with Crippen molar-refractivity contribution in [2.24, 2.45) is 11.7 Å². The van der Waals surface area contributed by atoms with Crippen LogP contribution in [0.4, 0.5) is 0 Å². The topological polar surface area (TPSA) is 75.4 Å². The number of nitrogens with one attached hydrogen (secondary N) is 1. The zero-order valence-corrected chi connectivity index (χ0v) is 13.8. The van der Waals surface area contributed by atoms with Gasteiger partial charge in [-0.1, -0.05) is 30.3 Å². The Morgan fingerprint density at radius 3 is 2.78 bits per heavy atom. The third-order valence-electron chi connectivity index (χ3n) is 4.24. The number of nitrogens with two attached hydrogens (primary N) is 1. The first-order chi connectivity index (χ1) is 11.1. The van der Waals surface area contributed by atoms with Crippen molar-refractivity contribution in [3.05, 3.63) is 35.9 Å². The van der Waals surface area contributed by atoms with Gasteiger partial charge in [-0.2, -0.15) is 0 Å². The molecule has 1 aliphatic heterocycles. The van der Waals surface area contributed by atoms with Gasteiger partial charge in [0, 0.05) is 25.7 Å². The second kappa shape index (κ2) is 8.67. The van der Waals surface area contributed by atoms with Crippen LogP contribution in [0.1, 0.15) is 31.7 Å². The number of piperidine rings is 1. The zero-order chi connectivity index (χ0) is 16.7. The van der Waals surface area contributed by atoms with Gasteiger partial charge in [-0.05, 0) is 31.7 Å². The molecular weight excluding hydrogens is 290 g/mol. The number of carbonyl (C=O) groups excluding carboxylic acids is 2. The van der Waals surface area contributed by atoms with E-state index in [0.29, 0.717) is 19.5 Å². The van der Waals surface area contributed by atoms with Gasteiger partial charge >= 0.3 is 0 Å². The number of hydrogen-bond acceptors (Lipinski definition) is 3. The fourth-order valence-corrected chi connectivity index (χ4v) is 2.87. The molecule has 0 radical (unpaired) electrons. The second-order valence-corrected chi connectivity index (χ2v) is 6.40. The molecule has 23 heavy (non-hydrogen) atoms. The molecule has 2 rings (SSSR count). The van der Waals surface area contributed by atoms with Crippen LogP contribution in [0.15, 0.2) is 30.3 Å². The molecule has 5 heteroatoms. The maximum atomic E-state index is 12.4. The summed E-state index contributed by atoms with van der Waals surface area (Å²) < 4.78 is 0. The summed E-state index contributed by atoms with van der Waals surface area (Å²) in [6, 6.07) is 9.82. The third-order valence-corrected chi connectivity index (χ3v) is 4.24. The zero-order valence-electron chi connectivity index (χ0n) is 13.8. The molecule has 1 fully saturated rings. The number of amides is 2. The number of nitrogens with zero attached hydrogens (tertiary/aromatic N) is 1. The summed E-state index contributed by atoms with van der Waals surface area (Å²) in [5.74, 6) is 0.0451. The Bertz CT molecular complexity index is 516. The Kier molecular flexibility index (Phi) is 6.59. The summed E-state index contributed by atoms with van der Waals surface area (Å²) in [5, 5.41) is 2.94. The third kappa shape index (κ3) is 5.67. The van der Waals surface area contributed by atoms with Crippen LogP contribution in [0.25, 0.3) is 0 Å². The van der Waals surface area contributed by atoms with Crippen molar-refractivity contribution in [2.45, 2.75) is 38.6 Å². The molecular formula is C18H27N3O2. The predicted molar refractivity (Wildman–Crippen MR) is 90.7 cm³/mol. The van der Waals surface area contributed by atoms with Gasteiger partial charge in [0.25, 0.3) is 0 Å². The Morgan fingerprint density at radius 1 is 1.35 bits per heavy atom. The fourth-order valence-electron chi connectivity index (χ4n) is 2.87. The van der Waals surface area contributed by atoms with E-state index < -0.39 is 0 Å². The van der Waals surface area contributed by atoms with Gasteiger partial charge in [0.1, 0.15) is 0 Å². The number of hydrogen-bond donors (Lipinski definition) is 2. The molecule has 126 valence electrons. The van der Waals surface area contributed by atoms with E-state index in [1.54, 1.807) is 0 Å². The molecule has 2 unspecified atom stereocenters. The van der Waals surface area contributed by atoms with E-state index in [4.69, 9.17) is 5.73 Å². The highest BCUT2D eigenvalue weighted by molar-refractivity contribution is 5.82. The largest absolute Gasteiger partial charge is 0.356 e. The minimum atomic E-state index is -0.100. The molecule has 0 aliphatic carbocycles. The SMILES string of the molecule is CC(N)CCNC(=O)C1CCCN(C(=O)Cc2ccccc2)C1. The molecule has 2 atom stereocenters. The molecule has 2 amide bonds. The molecule has 0 spiro atoms. The van der Waals surface area contributed by atoms with Crippen molar-refractivity contribution in [1.82, 2.24) is 10.2 Å². The first-order valence-corrected chi connectivity index (χ1v) is 8.41. The van der Waals surface area contributed by atoms with Crippen molar-refractivity contribution in [1.29, 1.82) is 0 Å². The van der Waals surface area contributed by atoms with Gasteiger partial charge in [-0.3, -0.25) is 9.59 Å². The molecule has 0 saturated carbocycles. The van der Waals surface area contributed by atoms with Crippen LogP contribution in [0, 0.1) is 5.92 Å². The van der Waals surface area contributed by atoms with Crippen molar-refractivity contribution in [2.75, 3.05) is 19.6 Å². The Hall–Kier alpha value is -1.88. The smallest absolute Gasteiger partial charge is 0.227 e. The lowest BCUT2D eigenvalue weighted by Crippen LogP contribution is -2.46. The average Bonchev–Trinajstić information content (AvgIpc) is 2.55. The van der Waals surface area contributed by atoms with E-state index in [9.17, 15) is 9.59 Å². The monoisotopic (exact) mass is 317 g/mol. The van der Waals surface area contributed by atoms with Gasteiger partial charge in [-0.25, -0.2) is 0 Å². The minimum absolute atomic E-state index is 0.0443. The Balaban J connectivity index is 1.82. The number of benzene rings is 1. The van der Waals surface area contributed by atoms with Crippen molar-refractivity contribution in [3.63, 3.8) is 0 Å². The number of carbonyl (C=O) groups is 2. The van der Waals surface area contributed by atoms with E-state index in [2.05, 4.69) is 5.32 Å². The number of likely N-dealkylation sites (tertiary alicyclic amines) is 1. The lowest BCUT2D eigenvalue weighted by atomic mass is 9.96. The first kappa shape index (κ1) is 17.5. The summed E-state index contributed by atoms with van der Waals surface area (Å²) in [6.45, 7) is 3.80. The van der Waals surface area contributed by atoms with Crippen molar-refractivity contribution < 1.29 is 9.59 Å². The van der Waals surface area contributed by atoms with Crippen LogP contribution in [0.5, 0.6) is 0 Å². The Morgan fingerprint density at radius 2 is 2.09 bits per heavy atom. The molecule has 0 aromatic heterocycles. The summed E-state index contributed by atoms with van der Waals surface area (Å²) in [5.41, 5.74) is 6.70.